The molecule has 6 heteroatoms. The number of carboxylic acids is 1. The number of hydrogen-bond donors (Lipinski definition) is 1. The van der Waals surface area contributed by atoms with Gasteiger partial charge < -0.3 is 5.11 Å². The Morgan fingerprint density at radius 1 is 1.20 bits per heavy atom. The van der Waals surface area contributed by atoms with Crippen molar-refractivity contribution in [1.29, 1.82) is 0 Å². The van der Waals surface area contributed by atoms with Gasteiger partial charge in [-0.2, -0.15) is 4.31 Å². The van der Waals surface area contributed by atoms with Crippen molar-refractivity contribution in [2.45, 2.75) is 31.6 Å². The van der Waals surface area contributed by atoms with E-state index in [0.717, 1.165) is 0 Å². The first kappa shape index (κ1) is 16.7. The summed E-state index contributed by atoms with van der Waals surface area (Å²) in [5.74, 6) is -0.642. The fourth-order valence-corrected chi connectivity index (χ4v) is 3.19. The fraction of sp³-hybridized carbons (Fsp3) is 0.500. The third kappa shape index (κ3) is 4.94. The van der Waals surface area contributed by atoms with Crippen LogP contribution in [0, 0.1) is 5.92 Å². The van der Waals surface area contributed by atoms with Crippen molar-refractivity contribution >= 4 is 16.0 Å². The number of benzene rings is 1. The zero-order valence-electron chi connectivity index (χ0n) is 11.8. The van der Waals surface area contributed by atoms with Crippen LogP contribution in [0.1, 0.15) is 26.7 Å². The van der Waals surface area contributed by atoms with Crippen molar-refractivity contribution in [2.24, 2.45) is 5.92 Å². The van der Waals surface area contributed by atoms with Crippen LogP contribution in [0.3, 0.4) is 0 Å². The van der Waals surface area contributed by atoms with E-state index >= 15 is 0 Å². The lowest BCUT2D eigenvalue weighted by atomic mass is 10.1. The van der Waals surface area contributed by atoms with E-state index in [1.165, 1.54) is 16.4 Å². The van der Waals surface area contributed by atoms with Gasteiger partial charge in [0.2, 0.25) is 10.0 Å². The first-order chi connectivity index (χ1) is 9.34. The third-order valence-electron chi connectivity index (χ3n) is 2.91. The average molecular weight is 299 g/mol. The standard InChI is InChI=1S/C14H21NO4S/c1-12(2)8-10-15(11-9-14(16)17)20(18,19)13-6-4-3-5-7-13/h3-7,12H,8-11H2,1-2H3,(H,16,17). The molecule has 112 valence electrons. The topological polar surface area (TPSA) is 74.7 Å². The van der Waals surface area contributed by atoms with Crippen molar-refractivity contribution in [3.05, 3.63) is 30.3 Å². The van der Waals surface area contributed by atoms with Crippen LogP contribution in [0.15, 0.2) is 35.2 Å². The summed E-state index contributed by atoms with van der Waals surface area (Å²) in [5, 5.41) is 8.75. The number of sulfonamides is 1. The SMILES string of the molecule is CC(C)CCN(CCC(=O)O)S(=O)(=O)c1ccccc1. The zero-order chi connectivity index (χ0) is 15.2. The van der Waals surface area contributed by atoms with Gasteiger partial charge in [-0.25, -0.2) is 8.42 Å². The zero-order valence-corrected chi connectivity index (χ0v) is 12.6. The van der Waals surface area contributed by atoms with E-state index in [-0.39, 0.29) is 17.9 Å². The Morgan fingerprint density at radius 2 is 1.80 bits per heavy atom. The summed E-state index contributed by atoms with van der Waals surface area (Å²) in [4.78, 5) is 10.9. The van der Waals surface area contributed by atoms with E-state index in [4.69, 9.17) is 5.11 Å². The highest BCUT2D eigenvalue weighted by Gasteiger charge is 2.24. The summed E-state index contributed by atoms with van der Waals surface area (Å²) in [7, 11) is -3.62. The van der Waals surface area contributed by atoms with Gasteiger partial charge in [-0.15, -0.1) is 0 Å². The molecule has 0 spiro atoms. The monoisotopic (exact) mass is 299 g/mol. The molecule has 1 aromatic rings. The lowest BCUT2D eigenvalue weighted by molar-refractivity contribution is -0.137. The van der Waals surface area contributed by atoms with Crippen LogP contribution in [-0.2, 0) is 14.8 Å². The molecular weight excluding hydrogens is 278 g/mol. The van der Waals surface area contributed by atoms with E-state index in [1.54, 1.807) is 18.2 Å². The smallest absolute Gasteiger partial charge is 0.304 e. The number of carboxylic acid groups (broad SMARTS) is 1. The van der Waals surface area contributed by atoms with Gasteiger partial charge >= 0.3 is 5.97 Å². The predicted molar refractivity (Wildman–Crippen MR) is 76.9 cm³/mol. The molecule has 0 saturated heterocycles. The molecule has 0 saturated carbocycles. The molecule has 1 N–H and O–H groups in total. The normalized spacial score (nSPS) is 12.0. The van der Waals surface area contributed by atoms with Gasteiger partial charge in [-0.3, -0.25) is 4.79 Å². The highest BCUT2D eigenvalue weighted by Crippen LogP contribution is 2.17. The first-order valence-corrected chi connectivity index (χ1v) is 8.05. The van der Waals surface area contributed by atoms with Gasteiger partial charge in [0.1, 0.15) is 0 Å². The van der Waals surface area contributed by atoms with Crippen molar-refractivity contribution < 1.29 is 18.3 Å². The van der Waals surface area contributed by atoms with Gasteiger partial charge in [0.05, 0.1) is 11.3 Å². The number of nitrogens with zero attached hydrogens (tertiary/aromatic N) is 1. The molecule has 1 aromatic carbocycles. The first-order valence-electron chi connectivity index (χ1n) is 6.61. The lowest BCUT2D eigenvalue weighted by Crippen LogP contribution is -2.34. The summed E-state index contributed by atoms with van der Waals surface area (Å²) in [6, 6.07) is 8.11. The van der Waals surface area contributed by atoms with E-state index < -0.39 is 16.0 Å². The number of aliphatic carboxylic acids is 1. The second-order valence-electron chi connectivity index (χ2n) is 5.04. The maximum atomic E-state index is 12.5. The number of rotatable bonds is 8. The highest BCUT2D eigenvalue weighted by atomic mass is 32.2. The molecule has 0 unspecified atom stereocenters. The van der Waals surface area contributed by atoms with E-state index in [9.17, 15) is 13.2 Å². The van der Waals surface area contributed by atoms with E-state index in [0.29, 0.717) is 18.9 Å². The summed E-state index contributed by atoms with van der Waals surface area (Å²) >= 11 is 0. The minimum atomic E-state index is -3.62. The number of carbonyl (C=O) groups is 1. The Labute approximate surface area is 120 Å². The quantitative estimate of drug-likeness (QED) is 0.798. The molecule has 5 nitrogen and oxygen atoms in total. The molecule has 0 amide bonds. The molecule has 0 aliphatic carbocycles. The van der Waals surface area contributed by atoms with E-state index in [1.807, 2.05) is 13.8 Å². The summed E-state index contributed by atoms with van der Waals surface area (Å²) < 4.78 is 26.2. The minimum absolute atomic E-state index is 0.000713. The molecule has 0 aromatic heterocycles. The Kier molecular flexibility index (Phi) is 6.16. The van der Waals surface area contributed by atoms with Gasteiger partial charge in [0, 0.05) is 13.1 Å². The van der Waals surface area contributed by atoms with Crippen LogP contribution in [-0.4, -0.2) is 36.9 Å². The summed E-state index contributed by atoms with van der Waals surface area (Å²) in [6.45, 7) is 4.34. The van der Waals surface area contributed by atoms with Crippen LogP contribution in [0.5, 0.6) is 0 Å². The Morgan fingerprint density at radius 3 is 2.30 bits per heavy atom. The molecule has 0 heterocycles. The molecular formula is C14H21NO4S. The Balaban J connectivity index is 2.93. The average Bonchev–Trinajstić information content (AvgIpc) is 2.38. The fourth-order valence-electron chi connectivity index (χ4n) is 1.72. The third-order valence-corrected chi connectivity index (χ3v) is 4.82. The second kappa shape index (κ2) is 7.40. The van der Waals surface area contributed by atoms with Gasteiger partial charge in [0.15, 0.2) is 0 Å². The molecule has 0 aliphatic rings. The molecule has 1 rings (SSSR count). The van der Waals surface area contributed by atoms with Crippen molar-refractivity contribution in [1.82, 2.24) is 4.31 Å². The van der Waals surface area contributed by atoms with Crippen LogP contribution in [0.2, 0.25) is 0 Å². The number of hydrogen-bond acceptors (Lipinski definition) is 3. The molecule has 0 radical (unpaired) electrons. The second-order valence-corrected chi connectivity index (χ2v) is 6.98. The van der Waals surface area contributed by atoms with Crippen molar-refractivity contribution in [3.8, 4) is 0 Å². The van der Waals surface area contributed by atoms with E-state index in [2.05, 4.69) is 0 Å². The maximum Gasteiger partial charge on any atom is 0.304 e. The maximum absolute atomic E-state index is 12.5. The summed E-state index contributed by atoms with van der Waals surface area (Å²) in [6.07, 6.45) is 0.510. The van der Waals surface area contributed by atoms with Crippen molar-refractivity contribution in [2.75, 3.05) is 13.1 Å². The van der Waals surface area contributed by atoms with Crippen LogP contribution < -0.4 is 0 Å². The molecule has 0 aliphatic heterocycles. The van der Waals surface area contributed by atoms with Crippen LogP contribution >= 0.6 is 0 Å². The molecule has 20 heavy (non-hydrogen) atoms. The molecule has 0 fully saturated rings. The highest BCUT2D eigenvalue weighted by molar-refractivity contribution is 7.89. The van der Waals surface area contributed by atoms with Gasteiger partial charge in [-0.05, 0) is 24.5 Å². The van der Waals surface area contributed by atoms with Crippen molar-refractivity contribution in [3.63, 3.8) is 0 Å². The largest absolute Gasteiger partial charge is 0.481 e. The van der Waals surface area contributed by atoms with Gasteiger partial charge in [-0.1, -0.05) is 32.0 Å². The molecule has 0 bridgehead atoms. The van der Waals surface area contributed by atoms with Crippen LogP contribution in [0.25, 0.3) is 0 Å². The minimum Gasteiger partial charge on any atom is -0.481 e. The van der Waals surface area contributed by atoms with Crippen LogP contribution in [0.4, 0.5) is 0 Å². The lowest BCUT2D eigenvalue weighted by Gasteiger charge is -2.22. The molecule has 0 atom stereocenters. The summed E-state index contributed by atoms with van der Waals surface area (Å²) in [5.41, 5.74) is 0. The predicted octanol–water partition coefficient (Wildman–Crippen LogP) is 2.20. The Hall–Kier alpha value is -1.40. The van der Waals surface area contributed by atoms with Gasteiger partial charge in [0.25, 0.3) is 0 Å². The Bertz CT molecular complexity index is 525.